The third kappa shape index (κ3) is 12.1. The normalized spacial score (nSPS) is 11.0. The number of carbonyl (C=O) groups excluding carboxylic acids is 2. The van der Waals surface area contributed by atoms with Gasteiger partial charge < -0.3 is 18.6 Å². The molecule has 0 aliphatic carbocycles. The van der Waals surface area contributed by atoms with Crippen molar-refractivity contribution < 1.29 is 57.9 Å². The van der Waals surface area contributed by atoms with E-state index in [1.54, 1.807) is 13.8 Å². The van der Waals surface area contributed by atoms with Crippen LogP contribution in [0.4, 0.5) is 21.0 Å². The molecule has 0 radical (unpaired) electrons. The van der Waals surface area contributed by atoms with Gasteiger partial charge in [0.2, 0.25) is 26.3 Å². The van der Waals surface area contributed by atoms with Crippen LogP contribution in [0.3, 0.4) is 0 Å². The fraction of sp³-hybridized carbons (Fsp3) is 0.400. The lowest BCUT2D eigenvalue weighted by atomic mass is 10.0. The number of pyridine rings is 1. The molecule has 0 saturated heterocycles. The van der Waals surface area contributed by atoms with Gasteiger partial charge in [-0.15, -0.1) is 0 Å². The molecule has 17 heteroatoms. The van der Waals surface area contributed by atoms with Gasteiger partial charge in [-0.3, -0.25) is 19.0 Å². The summed E-state index contributed by atoms with van der Waals surface area (Å²) >= 11 is 0. The van der Waals surface area contributed by atoms with Crippen LogP contribution in [0.25, 0.3) is 21.7 Å². The Balaban J connectivity index is 0.000000566. The Morgan fingerprint density at radius 1 is 0.762 bits per heavy atom. The first-order chi connectivity index (χ1) is 19.6. The molecule has 3 rings (SSSR count). The van der Waals surface area contributed by atoms with Crippen LogP contribution in [-0.2, 0) is 45.2 Å². The fourth-order valence-electron chi connectivity index (χ4n) is 3.66. The maximum absolute atomic E-state index is 11.8. The van der Waals surface area contributed by atoms with Gasteiger partial charge >= 0.3 is 12.2 Å². The topological polar surface area (TPSA) is 213 Å². The minimum atomic E-state index is -4.42. The lowest BCUT2D eigenvalue weighted by Crippen LogP contribution is -2.37. The van der Waals surface area contributed by atoms with E-state index in [2.05, 4.69) is 30.5 Å². The van der Waals surface area contributed by atoms with Crippen molar-refractivity contribution in [1.29, 1.82) is 0 Å². The van der Waals surface area contributed by atoms with Crippen molar-refractivity contribution in [3.63, 3.8) is 0 Å². The van der Waals surface area contributed by atoms with E-state index in [1.165, 1.54) is 6.92 Å². The first kappa shape index (κ1) is 36.4. The van der Waals surface area contributed by atoms with Gasteiger partial charge in [0.15, 0.2) is 5.69 Å². The molecule has 0 fully saturated rings. The number of carbonyl (C=O) groups is 2. The standard InChI is InChI=1S/C22H25N3O4.C2H6O4S.CH4O4S/c1-5-25-14(4)19-12-15(23-21(26)28-6-2)8-10-17(19)18-11-9-16(13-20(18)25)24-22(27)29-7-3;1-2-6-7(3,4)5;1-5-6(2,3)4/h8-13H,5-7H2,1-4H3,(H,23,26);2H2,1H3,(H,3,4,5);1H3,(H,2,3,4)/p-1. The van der Waals surface area contributed by atoms with E-state index >= 15 is 0 Å². The van der Waals surface area contributed by atoms with Crippen molar-refractivity contribution in [3.05, 3.63) is 42.1 Å². The molecule has 0 aliphatic rings. The van der Waals surface area contributed by atoms with Crippen molar-refractivity contribution in [2.75, 3.05) is 37.6 Å². The van der Waals surface area contributed by atoms with E-state index in [-0.39, 0.29) is 6.61 Å². The minimum Gasteiger partial charge on any atom is -0.726 e. The van der Waals surface area contributed by atoms with Gasteiger partial charge in [-0.05, 0) is 52.0 Å². The third-order valence-corrected chi connectivity index (χ3v) is 6.15. The number of benzene rings is 2. The van der Waals surface area contributed by atoms with Crippen LogP contribution in [0.2, 0.25) is 0 Å². The maximum Gasteiger partial charge on any atom is 0.411 e. The van der Waals surface area contributed by atoms with Crippen molar-refractivity contribution in [2.24, 2.45) is 0 Å². The maximum atomic E-state index is 11.8. The predicted molar refractivity (Wildman–Crippen MR) is 151 cm³/mol. The molecule has 234 valence electrons. The number of hydrogen-bond donors (Lipinski definition) is 2. The molecule has 1 heterocycles. The number of fused-ring (bicyclic) bond motifs is 3. The largest absolute Gasteiger partial charge is 0.726 e. The summed E-state index contributed by atoms with van der Waals surface area (Å²) < 4.78 is 75.1. The van der Waals surface area contributed by atoms with Gasteiger partial charge in [0.1, 0.15) is 6.54 Å². The predicted octanol–water partition coefficient (Wildman–Crippen LogP) is 3.32. The number of aryl methyl sites for hydroxylation is 2. The highest BCUT2D eigenvalue weighted by molar-refractivity contribution is 7.81. The summed E-state index contributed by atoms with van der Waals surface area (Å²) in [6.45, 7) is 10.4. The third-order valence-electron chi connectivity index (χ3n) is 5.22. The Morgan fingerprint density at radius 3 is 1.62 bits per heavy atom. The molecule has 15 nitrogen and oxygen atoms in total. The molecule has 3 aromatic rings. The highest BCUT2D eigenvalue weighted by Gasteiger charge is 2.19. The van der Waals surface area contributed by atoms with Crippen molar-refractivity contribution in [2.45, 2.75) is 41.2 Å². The van der Waals surface area contributed by atoms with E-state index in [0.717, 1.165) is 41.0 Å². The number of anilines is 2. The smallest absolute Gasteiger partial charge is 0.411 e. The number of ether oxygens (including phenoxy) is 2. The molecule has 42 heavy (non-hydrogen) atoms. The molecule has 2 aromatic carbocycles. The first-order valence-corrected chi connectivity index (χ1v) is 15.2. The molecule has 0 unspecified atom stereocenters. The molecule has 1 aromatic heterocycles. The van der Waals surface area contributed by atoms with Gasteiger partial charge in [-0.25, -0.2) is 26.4 Å². The number of nitrogens with one attached hydrogen (secondary N) is 2. The second kappa shape index (κ2) is 16.7. The molecular formula is C25H34N3O12S2-. The molecule has 2 amide bonds. The second-order valence-corrected chi connectivity index (χ2v) is 10.1. The number of hydrogen-bond acceptors (Lipinski definition) is 12. The van der Waals surface area contributed by atoms with Crippen LogP contribution < -0.4 is 15.2 Å². The fourth-order valence-corrected chi connectivity index (χ4v) is 3.95. The summed E-state index contributed by atoms with van der Waals surface area (Å²) in [5.41, 5.74) is 3.44. The summed E-state index contributed by atoms with van der Waals surface area (Å²) in [6.07, 6.45) is -0.939. The zero-order valence-electron chi connectivity index (χ0n) is 24.0. The average Bonchev–Trinajstić information content (AvgIpc) is 2.89. The van der Waals surface area contributed by atoms with Crippen LogP contribution in [0.5, 0.6) is 0 Å². The first-order valence-electron chi connectivity index (χ1n) is 12.5. The van der Waals surface area contributed by atoms with Crippen LogP contribution >= 0.6 is 0 Å². The molecule has 2 N–H and O–H groups in total. The SMILES string of the molecule is CCOC(=O)Nc1ccc2c(c1)c(C)[n+](CC)c1cc(NC(=O)OCC)ccc21.CCOS(=O)(=O)[O-].COS(=O)(=O)[O-]. The van der Waals surface area contributed by atoms with Crippen molar-refractivity contribution >= 4 is 66.0 Å². The molecule has 0 saturated carbocycles. The zero-order valence-corrected chi connectivity index (χ0v) is 25.6. The van der Waals surface area contributed by atoms with Crippen molar-refractivity contribution in [3.8, 4) is 0 Å². The van der Waals surface area contributed by atoms with Gasteiger partial charge in [-0.1, -0.05) is 6.07 Å². The Kier molecular flexibility index (Phi) is 14.5. The summed E-state index contributed by atoms with van der Waals surface area (Å²) in [5, 5.41) is 8.69. The average molecular weight is 633 g/mol. The molecule has 0 spiro atoms. The number of rotatable bonds is 8. The Labute approximate surface area is 244 Å². The Hall–Kier alpha value is -3.61. The Morgan fingerprint density at radius 2 is 1.24 bits per heavy atom. The molecule has 0 bridgehead atoms. The van der Waals surface area contributed by atoms with Crippen LogP contribution in [0.1, 0.15) is 33.4 Å². The van der Waals surface area contributed by atoms with Gasteiger partial charge in [0.05, 0.1) is 43.4 Å². The summed E-state index contributed by atoms with van der Waals surface area (Å²) in [6, 6.07) is 11.6. The van der Waals surface area contributed by atoms with Crippen LogP contribution in [0.15, 0.2) is 36.4 Å². The molecule has 0 atom stereocenters. The van der Waals surface area contributed by atoms with Gasteiger partial charge in [-0.2, -0.15) is 4.57 Å². The van der Waals surface area contributed by atoms with E-state index in [0.29, 0.717) is 24.6 Å². The van der Waals surface area contributed by atoms with E-state index in [1.807, 2.05) is 43.3 Å². The summed E-state index contributed by atoms with van der Waals surface area (Å²) in [4.78, 5) is 23.5. The van der Waals surface area contributed by atoms with Gasteiger partial charge in [0, 0.05) is 24.1 Å². The molecule has 0 aliphatic heterocycles. The van der Waals surface area contributed by atoms with Crippen LogP contribution in [0, 0.1) is 6.92 Å². The van der Waals surface area contributed by atoms with Crippen LogP contribution in [-0.4, -0.2) is 65.1 Å². The zero-order chi connectivity index (χ0) is 32.1. The number of amides is 2. The number of nitrogens with zero attached hydrogens (tertiary/aromatic N) is 1. The Bertz CT molecular complexity index is 1590. The minimum absolute atomic E-state index is 0.0914. The monoisotopic (exact) mass is 632 g/mol. The van der Waals surface area contributed by atoms with Gasteiger partial charge in [0.25, 0.3) is 0 Å². The van der Waals surface area contributed by atoms with E-state index in [4.69, 9.17) is 9.47 Å². The van der Waals surface area contributed by atoms with E-state index in [9.17, 15) is 35.5 Å². The second-order valence-electron chi connectivity index (χ2n) is 7.90. The highest BCUT2D eigenvalue weighted by Crippen LogP contribution is 2.29. The number of aromatic nitrogens is 1. The molecular weight excluding hydrogens is 598 g/mol. The highest BCUT2D eigenvalue weighted by atomic mass is 32.3. The summed E-state index contributed by atoms with van der Waals surface area (Å²) in [5.74, 6) is 0. The quantitative estimate of drug-likeness (QED) is 0.158. The lowest BCUT2D eigenvalue weighted by Gasteiger charge is -2.12. The van der Waals surface area contributed by atoms with E-state index < -0.39 is 33.0 Å². The van der Waals surface area contributed by atoms with Crippen molar-refractivity contribution in [1.82, 2.24) is 0 Å². The lowest BCUT2D eigenvalue weighted by molar-refractivity contribution is -0.672. The summed E-state index contributed by atoms with van der Waals surface area (Å²) in [7, 11) is -8.03.